The molecule has 0 fully saturated rings. The second kappa shape index (κ2) is 4.89. The molecule has 0 radical (unpaired) electrons. The standard InChI is InChI=1S/C8H12ClN3O/c1-6(12-8(9)10)11-5-7-3-2-4-13-7/h2-4,6,11H,5H2,1H3,(H2,10,12). The van der Waals surface area contributed by atoms with Crippen LogP contribution in [0, 0.1) is 5.41 Å². The lowest BCUT2D eigenvalue weighted by molar-refractivity contribution is 0.445. The van der Waals surface area contributed by atoms with Crippen molar-refractivity contribution in [3.05, 3.63) is 24.2 Å². The molecule has 5 heteroatoms. The minimum Gasteiger partial charge on any atom is -0.468 e. The average Bonchev–Trinajstić information content (AvgIpc) is 2.51. The molecule has 1 rings (SSSR count). The van der Waals surface area contributed by atoms with E-state index in [2.05, 4.69) is 10.6 Å². The number of hydrogen-bond donors (Lipinski definition) is 3. The van der Waals surface area contributed by atoms with Gasteiger partial charge in [-0.2, -0.15) is 0 Å². The van der Waals surface area contributed by atoms with E-state index in [0.29, 0.717) is 6.54 Å². The Bertz CT molecular complexity index is 260. The smallest absolute Gasteiger partial charge is 0.189 e. The Kier molecular flexibility index (Phi) is 3.79. The highest BCUT2D eigenvalue weighted by Crippen LogP contribution is 1.98. The Hall–Kier alpha value is -1.000. The fraction of sp³-hybridized carbons (Fsp3) is 0.375. The molecule has 1 aromatic heterocycles. The molecule has 4 nitrogen and oxygen atoms in total. The van der Waals surface area contributed by atoms with E-state index >= 15 is 0 Å². The van der Waals surface area contributed by atoms with E-state index in [1.807, 2.05) is 19.1 Å². The summed E-state index contributed by atoms with van der Waals surface area (Å²) in [6.45, 7) is 2.49. The lowest BCUT2D eigenvalue weighted by atomic mass is 10.4. The number of furan rings is 1. The van der Waals surface area contributed by atoms with Crippen molar-refractivity contribution in [3.63, 3.8) is 0 Å². The van der Waals surface area contributed by atoms with Crippen molar-refractivity contribution in [2.75, 3.05) is 0 Å². The van der Waals surface area contributed by atoms with Crippen LogP contribution in [-0.2, 0) is 6.54 Å². The van der Waals surface area contributed by atoms with Crippen LogP contribution >= 0.6 is 11.6 Å². The van der Waals surface area contributed by atoms with Crippen molar-refractivity contribution >= 4 is 16.9 Å². The first-order chi connectivity index (χ1) is 6.18. The van der Waals surface area contributed by atoms with Gasteiger partial charge in [0.2, 0.25) is 0 Å². The van der Waals surface area contributed by atoms with Crippen LogP contribution < -0.4 is 10.6 Å². The van der Waals surface area contributed by atoms with Crippen LogP contribution in [0.1, 0.15) is 12.7 Å². The zero-order chi connectivity index (χ0) is 9.68. The lowest BCUT2D eigenvalue weighted by Crippen LogP contribution is -2.40. The van der Waals surface area contributed by atoms with Crippen LogP contribution in [0.15, 0.2) is 22.8 Å². The summed E-state index contributed by atoms with van der Waals surface area (Å²) in [5.41, 5.74) is 0. The van der Waals surface area contributed by atoms with Gasteiger partial charge in [0.25, 0.3) is 0 Å². The van der Waals surface area contributed by atoms with E-state index < -0.39 is 0 Å². The number of halogens is 1. The van der Waals surface area contributed by atoms with Crippen molar-refractivity contribution in [1.29, 1.82) is 5.41 Å². The third-order valence-electron chi connectivity index (χ3n) is 1.51. The monoisotopic (exact) mass is 201 g/mol. The quantitative estimate of drug-likeness (QED) is 0.299. The summed E-state index contributed by atoms with van der Waals surface area (Å²) in [4.78, 5) is 0. The Morgan fingerprint density at radius 3 is 3.08 bits per heavy atom. The summed E-state index contributed by atoms with van der Waals surface area (Å²) in [7, 11) is 0. The minimum atomic E-state index is -0.0700. The van der Waals surface area contributed by atoms with Gasteiger partial charge < -0.3 is 9.73 Å². The summed E-state index contributed by atoms with van der Waals surface area (Å²) in [5, 5.41) is 12.7. The normalized spacial score (nSPS) is 12.5. The first kappa shape index (κ1) is 10.1. The molecule has 0 aliphatic heterocycles. The van der Waals surface area contributed by atoms with Gasteiger partial charge in [0.05, 0.1) is 19.0 Å². The van der Waals surface area contributed by atoms with Crippen molar-refractivity contribution < 1.29 is 4.42 Å². The maximum absolute atomic E-state index is 6.97. The number of nitrogens with one attached hydrogen (secondary N) is 3. The van der Waals surface area contributed by atoms with Gasteiger partial charge in [0.1, 0.15) is 5.76 Å². The van der Waals surface area contributed by atoms with E-state index in [1.54, 1.807) is 6.26 Å². The van der Waals surface area contributed by atoms with Crippen molar-refractivity contribution in [2.45, 2.75) is 19.6 Å². The predicted octanol–water partition coefficient (Wildman–Crippen LogP) is 1.48. The van der Waals surface area contributed by atoms with Gasteiger partial charge in [-0.15, -0.1) is 0 Å². The van der Waals surface area contributed by atoms with E-state index in [-0.39, 0.29) is 11.5 Å². The van der Waals surface area contributed by atoms with Crippen LogP contribution in [0.5, 0.6) is 0 Å². The van der Waals surface area contributed by atoms with Crippen LogP contribution in [0.25, 0.3) is 0 Å². The number of hydrogen-bond acceptors (Lipinski definition) is 3. The Morgan fingerprint density at radius 1 is 1.77 bits per heavy atom. The third-order valence-corrected chi connectivity index (χ3v) is 1.61. The Morgan fingerprint density at radius 2 is 2.54 bits per heavy atom. The molecule has 0 bridgehead atoms. The minimum absolute atomic E-state index is 0.0462. The Labute approximate surface area is 81.8 Å². The fourth-order valence-corrected chi connectivity index (χ4v) is 1.07. The van der Waals surface area contributed by atoms with Crippen LogP contribution in [-0.4, -0.2) is 11.5 Å². The summed E-state index contributed by atoms with van der Waals surface area (Å²) in [6, 6.07) is 3.71. The SMILES string of the molecule is CC(NCc1ccco1)NC(=N)Cl. The molecule has 0 saturated heterocycles. The third kappa shape index (κ3) is 3.96. The van der Waals surface area contributed by atoms with Gasteiger partial charge in [-0.25, -0.2) is 0 Å². The van der Waals surface area contributed by atoms with Crippen LogP contribution in [0.3, 0.4) is 0 Å². The average molecular weight is 202 g/mol. The largest absolute Gasteiger partial charge is 0.468 e. The molecular formula is C8H12ClN3O. The topological polar surface area (TPSA) is 61.1 Å². The van der Waals surface area contributed by atoms with Gasteiger partial charge in [0.15, 0.2) is 5.29 Å². The first-order valence-electron chi connectivity index (χ1n) is 3.95. The van der Waals surface area contributed by atoms with Crippen LogP contribution in [0.4, 0.5) is 0 Å². The molecule has 1 aromatic rings. The molecule has 1 atom stereocenters. The maximum Gasteiger partial charge on any atom is 0.189 e. The molecule has 1 unspecified atom stereocenters. The fourth-order valence-electron chi connectivity index (χ4n) is 0.908. The zero-order valence-corrected chi connectivity index (χ0v) is 8.06. The van der Waals surface area contributed by atoms with Crippen LogP contribution in [0.2, 0.25) is 0 Å². The summed E-state index contributed by atoms with van der Waals surface area (Å²) in [6.07, 6.45) is 1.58. The molecule has 0 aliphatic rings. The molecule has 0 amide bonds. The van der Waals surface area contributed by atoms with E-state index in [0.717, 1.165) is 5.76 Å². The molecule has 0 spiro atoms. The highest BCUT2D eigenvalue weighted by molar-refractivity contribution is 6.63. The second-order valence-corrected chi connectivity index (χ2v) is 3.02. The molecular weight excluding hydrogens is 190 g/mol. The van der Waals surface area contributed by atoms with Gasteiger partial charge in [-0.3, -0.25) is 10.7 Å². The highest BCUT2D eigenvalue weighted by Gasteiger charge is 2.02. The lowest BCUT2D eigenvalue weighted by Gasteiger charge is -2.13. The Balaban J connectivity index is 2.22. The van der Waals surface area contributed by atoms with E-state index in [4.69, 9.17) is 21.4 Å². The van der Waals surface area contributed by atoms with E-state index in [1.165, 1.54) is 0 Å². The predicted molar refractivity (Wildman–Crippen MR) is 51.7 cm³/mol. The van der Waals surface area contributed by atoms with Gasteiger partial charge in [-0.05, 0) is 30.7 Å². The van der Waals surface area contributed by atoms with Crippen molar-refractivity contribution in [2.24, 2.45) is 0 Å². The summed E-state index contributed by atoms with van der Waals surface area (Å²) in [5.74, 6) is 0.856. The highest BCUT2D eigenvalue weighted by atomic mass is 35.5. The van der Waals surface area contributed by atoms with Gasteiger partial charge >= 0.3 is 0 Å². The first-order valence-corrected chi connectivity index (χ1v) is 4.32. The van der Waals surface area contributed by atoms with Crippen molar-refractivity contribution in [3.8, 4) is 0 Å². The molecule has 3 N–H and O–H groups in total. The van der Waals surface area contributed by atoms with E-state index in [9.17, 15) is 0 Å². The second-order valence-electron chi connectivity index (χ2n) is 2.64. The molecule has 13 heavy (non-hydrogen) atoms. The van der Waals surface area contributed by atoms with Crippen molar-refractivity contribution in [1.82, 2.24) is 10.6 Å². The van der Waals surface area contributed by atoms with Gasteiger partial charge in [0, 0.05) is 0 Å². The summed E-state index contributed by atoms with van der Waals surface area (Å²) >= 11 is 5.34. The molecule has 0 aliphatic carbocycles. The zero-order valence-electron chi connectivity index (χ0n) is 7.30. The van der Waals surface area contributed by atoms with Gasteiger partial charge in [-0.1, -0.05) is 0 Å². The molecule has 72 valence electrons. The number of amidine groups is 1. The molecule has 0 saturated carbocycles. The maximum atomic E-state index is 6.97. The number of rotatable bonds is 4. The molecule has 0 aromatic carbocycles. The molecule has 1 heterocycles. The summed E-state index contributed by atoms with van der Waals surface area (Å²) < 4.78 is 5.11.